The molecule has 2 unspecified atom stereocenters. The number of hydrogen-bond donors (Lipinski definition) is 2. The van der Waals surface area contributed by atoms with E-state index in [1.165, 1.54) is 11.3 Å². The molecule has 1 saturated heterocycles. The largest absolute Gasteiger partial charge is 0.381 e. The fourth-order valence-corrected chi connectivity index (χ4v) is 2.51. The van der Waals surface area contributed by atoms with Gasteiger partial charge in [-0.3, -0.25) is 16.0 Å². The Labute approximate surface area is 95.9 Å². The Morgan fingerprint density at radius 1 is 1.56 bits per heavy atom. The number of nitrogens with zero attached hydrogens (tertiary/aromatic N) is 2. The maximum absolute atomic E-state index is 5.69. The molecule has 2 atom stereocenters. The molecule has 0 aromatic carbocycles. The monoisotopic (exact) mass is 224 g/mol. The van der Waals surface area contributed by atoms with Crippen LogP contribution in [0.25, 0.3) is 0 Å². The Morgan fingerprint density at radius 3 is 2.75 bits per heavy atom. The molecule has 3 N–H and O–H groups in total. The summed E-state index contributed by atoms with van der Waals surface area (Å²) in [6.07, 6.45) is 1.06. The van der Waals surface area contributed by atoms with Crippen molar-refractivity contribution < 1.29 is 4.74 Å². The smallest absolute Gasteiger partial charge is 0.0644 e. The maximum atomic E-state index is 5.69. The van der Waals surface area contributed by atoms with Crippen LogP contribution >= 0.6 is 0 Å². The highest BCUT2D eigenvalue weighted by Crippen LogP contribution is 2.31. The summed E-state index contributed by atoms with van der Waals surface area (Å²) < 4.78 is 7.33. The topological polar surface area (TPSA) is 65.1 Å². The molecule has 0 aliphatic carbocycles. The third kappa shape index (κ3) is 1.86. The zero-order chi connectivity index (χ0) is 11.7. The van der Waals surface area contributed by atoms with Gasteiger partial charge >= 0.3 is 0 Å². The molecular weight excluding hydrogens is 204 g/mol. The van der Waals surface area contributed by atoms with Gasteiger partial charge in [0.25, 0.3) is 0 Å². The first kappa shape index (κ1) is 11.6. The quantitative estimate of drug-likeness (QED) is 0.582. The number of rotatable bonds is 3. The maximum Gasteiger partial charge on any atom is 0.0644 e. The molecule has 90 valence electrons. The molecule has 2 heterocycles. The van der Waals surface area contributed by atoms with Crippen molar-refractivity contribution in [2.75, 3.05) is 13.2 Å². The Bertz CT molecular complexity index is 368. The van der Waals surface area contributed by atoms with E-state index in [0.29, 0.717) is 5.92 Å². The number of hydrazine groups is 1. The second-order valence-electron chi connectivity index (χ2n) is 4.48. The van der Waals surface area contributed by atoms with Gasteiger partial charge in [-0.2, -0.15) is 5.10 Å². The van der Waals surface area contributed by atoms with E-state index >= 15 is 0 Å². The molecule has 2 rings (SSSR count). The molecule has 1 aromatic heterocycles. The second-order valence-corrected chi connectivity index (χ2v) is 4.48. The van der Waals surface area contributed by atoms with Crippen LogP contribution in [0.2, 0.25) is 0 Å². The third-order valence-corrected chi connectivity index (χ3v) is 3.49. The predicted octanol–water partition coefficient (Wildman–Crippen LogP) is 0.578. The van der Waals surface area contributed by atoms with Crippen molar-refractivity contribution in [1.29, 1.82) is 0 Å². The van der Waals surface area contributed by atoms with E-state index < -0.39 is 0 Å². The van der Waals surface area contributed by atoms with Crippen LogP contribution in [-0.4, -0.2) is 23.0 Å². The Balaban J connectivity index is 2.32. The van der Waals surface area contributed by atoms with E-state index in [1.54, 1.807) is 0 Å². The number of aromatic nitrogens is 2. The summed E-state index contributed by atoms with van der Waals surface area (Å²) in [5.74, 6) is 6.14. The van der Waals surface area contributed by atoms with Crippen molar-refractivity contribution in [2.24, 2.45) is 18.8 Å². The molecular formula is C11H20N4O. The minimum Gasteiger partial charge on any atom is -0.381 e. The summed E-state index contributed by atoms with van der Waals surface area (Å²) in [5.41, 5.74) is 6.37. The van der Waals surface area contributed by atoms with E-state index in [0.717, 1.165) is 25.3 Å². The first-order valence-corrected chi connectivity index (χ1v) is 5.69. The van der Waals surface area contributed by atoms with Crippen molar-refractivity contribution in [2.45, 2.75) is 26.3 Å². The van der Waals surface area contributed by atoms with Crippen LogP contribution < -0.4 is 11.3 Å². The standard InChI is InChI=1S/C11H20N4O/c1-7-10(8(2)15(3)14-7)11(13-12)9-4-5-16-6-9/h9,11,13H,4-6,12H2,1-3H3. The SMILES string of the molecule is Cc1nn(C)c(C)c1C(NN)C1CCOC1. The lowest BCUT2D eigenvalue weighted by molar-refractivity contribution is 0.176. The van der Waals surface area contributed by atoms with E-state index in [2.05, 4.69) is 17.4 Å². The summed E-state index contributed by atoms with van der Waals surface area (Å²) in [6, 6.07) is 0.149. The third-order valence-electron chi connectivity index (χ3n) is 3.49. The van der Waals surface area contributed by atoms with Crippen molar-refractivity contribution >= 4 is 0 Å². The second kappa shape index (κ2) is 4.53. The summed E-state index contributed by atoms with van der Waals surface area (Å²) in [7, 11) is 1.96. The number of hydrogen-bond acceptors (Lipinski definition) is 4. The number of aryl methyl sites for hydroxylation is 2. The summed E-state index contributed by atoms with van der Waals surface area (Å²) in [6.45, 7) is 5.72. The van der Waals surface area contributed by atoms with Gasteiger partial charge in [0.2, 0.25) is 0 Å². The van der Waals surface area contributed by atoms with Crippen LogP contribution in [0.5, 0.6) is 0 Å². The molecule has 1 aliphatic rings. The molecule has 0 radical (unpaired) electrons. The van der Waals surface area contributed by atoms with Crippen LogP contribution in [-0.2, 0) is 11.8 Å². The molecule has 1 aromatic rings. The van der Waals surface area contributed by atoms with Crippen molar-refractivity contribution in [1.82, 2.24) is 15.2 Å². The van der Waals surface area contributed by atoms with Gasteiger partial charge in [-0.05, 0) is 20.3 Å². The highest BCUT2D eigenvalue weighted by molar-refractivity contribution is 5.28. The number of ether oxygens (including phenoxy) is 1. The predicted molar refractivity (Wildman–Crippen MR) is 61.7 cm³/mol. The van der Waals surface area contributed by atoms with Crippen molar-refractivity contribution in [3.8, 4) is 0 Å². The van der Waals surface area contributed by atoms with E-state index in [4.69, 9.17) is 10.6 Å². The van der Waals surface area contributed by atoms with Crippen molar-refractivity contribution in [3.63, 3.8) is 0 Å². The molecule has 1 aliphatic heterocycles. The minimum absolute atomic E-state index is 0.149. The van der Waals surface area contributed by atoms with Gasteiger partial charge < -0.3 is 4.74 Å². The summed E-state index contributed by atoms with van der Waals surface area (Å²) >= 11 is 0. The lowest BCUT2D eigenvalue weighted by Gasteiger charge is -2.22. The first-order chi connectivity index (χ1) is 7.65. The van der Waals surface area contributed by atoms with E-state index in [-0.39, 0.29) is 6.04 Å². The van der Waals surface area contributed by atoms with Gasteiger partial charge in [0.1, 0.15) is 0 Å². The Morgan fingerprint density at radius 2 is 2.31 bits per heavy atom. The molecule has 5 nitrogen and oxygen atoms in total. The van der Waals surface area contributed by atoms with Gasteiger partial charge in [0.05, 0.1) is 18.3 Å². The highest BCUT2D eigenvalue weighted by Gasteiger charge is 2.30. The van der Waals surface area contributed by atoms with Crippen molar-refractivity contribution in [3.05, 3.63) is 17.0 Å². The van der Waals surface area contributed by atoms with Gasteiger partial charge in [-0.15, -0.1) is 0 Å². The average molecular weight is 224 g/mol. The molecule has 16 heavy (non-hydrogen) atoms. The Hall–Kier alpha value is -0.910. The van der Waals surface area contributed by atoms with E-state index in [1.807, 2.05) is 18.7 Å². The summed E-state index contributed by atoms with van der Waals surface area (Å²) in [4.78, 5) is 0. The molecule has 1 fully saturated rings. The molecule has 0 spiro atoms. The average Bonchev–Trinajstić information content (AvgIpc) is 2.84. The normalized spacial score (nSPS) is 22.6. The molecule has 0 amide bonds. The fraction of sp³-hybridized carbons (Fsp3) is 0.727. The lowest BCUT2D eigenvalue weighted by Crippen LogP contribution is -2.34. The first-order valence-electron chi connectivity index (χ1n) is 5.69. The van der Waals surface area contributed by atoms with Crippen LogP contribution in [0.15, 0.2) is 0 Å². The minimum atomic E-state index is 0.149. The van der Waals surface area contributed by atoms with Crippen LogP contribution in [0.3, 0.4) is 0 Å². The van der Waals surface area contributed by atoms with E-state index in [9.17, 15) is 0 Å². The zero-order valence-corrected chi connectivity index (χ0v) is 10.2. The van der Waals surface area contributed by atoms with Crippen LogP contribution in [0.1, 0.15) is 29.4 Å². The molecule has 0 saturated carbocycles. The highest BCUT2D eigenvalue weighted by atomic mass is 16.5. The molecule has 0 bridgehead atoms. The fourth-order valence-electron chi connectivity index (χ4n) is 2.51. The van der Waals surface area contributed by atoms with Crippen LogP contribution in [0, 0.1) is 19.8 Å². The Kier molecular flexibility index (Phi) is 3.28. The molecule has 5 heteroatoms. The zero-order valence-electron chi connectivity index (χ0n) is 10.2. The van der Waals surface area contributed by atoms with Gasteiger partial charge in [-0.1, -0.05) is 0 Å². The van der Waals surface area contributed by atoms with Gasteiger partial charge in [-0.25, -0.2) is 0 Å². The van der Waals surface area contributed by atoms with Gasteiger partial charge in [0, 0.05) is 30.8 Å². The van der Waals surface area contributed by atoms with Gasteiger partial charge in [0.15, 0.2) is 0 Å². The lowest BCUT2D eigenvalue weighted by atomic mass is 9.91. The number of nitrogens with one attached hydrogen (secondary N) is 1. The van der Waals surface area contributed by atoms with Crippen LogP contribution in [0.4, 0.5) is 0 Å². The number of nitrogens with two attached hydrogens (primary N) is 1. The summed E-state index contributed by atoms with van der Waals surface area (Å²) in [5, 5.41) is 4.43.